The number of nitrogens with zero attached hydrogens (tertiary/aromatic N) is 2. The Kier molecular flexibility index (Phi) is 4.09. The molecule has 22 heavy (non-hydrogen) atoms. The van der Waals surface area contributed by atoms with Gasteiger partial charge in [0, 0.05) is 5.56 Å². The Morgan fingerprint density at radius 2 is 1.91 bits per heavy atom. The van der Waals surface area contributed by atoms with Crippen LogP contribution in [0, 0.1) is 11.3 Å². The van der Waals surface area contributed by atoms with E-state index in [9.17, 15) is 10.1 Å². The topological polar surface area (TPSA) is 69.5 Å². The molecule has 0 aliphatic carbocycles. The number of hydrogen-bond donors (Lipinski definition) is 1. The normalized spacial score (nSPS) is 10.4. The summed E-state index contributed by atoms with van der Waals surface area (Å²) in [4.78, 5) is 18.9. The van der Waals surface area contributed by atoms with Crippen LogP contribution in [0.1, 0.15) is 5.56 Å². The molecule has 6 heteroatoms. The molecule has 0 aliphatic heterocycles. The summed E-state index contributed by atoms with van der Waals surface area (Å²) in [5.41, 5.74) is 3.07. The monoisotopic (exact) mass is 325 g/mol. The van der Waals surface area contributed by atoms with E-state index in [1.165, 1.54) is 11.8 Å². The Hall–Kier alpha value is -2.36. The van der Waals surface area contributed by atoms with Gasteiger partial charge in [-0.25, -0.2) is 4.98 Å². The molecular formula is C16H11N3OS2. The smallest absolute Gasteiger partial charge is 0.270 e. The number of nitrogens with one attached hydrogen (secondary N) is 1. The molecule has 0 unspecified atom stereocenters. The fourth-order valence-corrected chi connectivity index (χ4v) is 3.15. The molecule has 0 bridgehead atoms. The maximum Gasteiger partial charge on any atom is 0.270 e. The lowest BCUT2D eigenvalue weighted by molar-refractivity contribution is 0.938. The number of thioether (sulfide) groups is 1. The minimum Gasteiger partial charge on any atom is -0.300 e. The van der Waals surface area contributed by atoms with Gasteiger partial charge in [-0.15, -0.1) is 0 Å². The Bertz CT molecular complexity index is 891. The van der Waals surface area contributed by atoms with Gasteiger partial charge >= 0.3 is 0 Å². The Labute approximate surface area is 135 Å². The number of H-pyrrole nitrogens is 1. The third kappa shape index (κ3) is 2.69. The van der Waals surface area contributed by atoms with Crippen LogP contribution in [-0.4, -0.2) is 16.2 Å². The molecule has 0 saturated heterocycles. The van der Waals surface area contributed by atoms with Crippen molar-refractivity contribution >= 4 is 23.1 Å². The molecule has 108 valence electrons. The summed E-state index contributed by atoms with van der Waals surface area (Å²) in [7, 11) is 0. The molecule has 0 amide bonds. The van der Waals surface area contributed by atoms with E-state index >= 15 is 0 Å². The van der Waals surface area contributed by atoms with Crippen molar-refractivity contribution in [3.05, 3.63) is 57.0 Å². The van der Waals surface area contributed by atoms with E-state index in [-0.39, 0.29) is 5.56 Å². The van der Waals surface area contributed by atoms with Crippen molar-refractivity contribution in [1.82, 2.24) is 9.97 Å². The van der Waals surface area contributed by atoms with Crippen LogP contribution in [-0.2, 0) is 0 Å². The van der Waals surface area contributed by atoms with E-state index in [0.29, 0.717) is 10.9 Å². The number of rotatable bonds is 3. The molecule has 0 radical (unpaired) electrons. The van der Waals surface area contributed by atoms with Crippen LogP contribution < -0.4 is 5.56 Å². The summed E-state index contributed by atoms with van der Waals surface area (Å²) < 4.78 is 0. The van der Waals surface area contributed by atoms with Gasteiger partial charge < -0.3 is 4.98 Å². The van der Waals surface area contributed by atoms with E-state index in [2.05, 4.69) is 21.4 Å². The second-order valence-corrected chi connectivity index (χ2v) is 6.07. The first-order valence-electron chi connectivity index (χ1n) is 6.44. The van der Waals surface area contributed by atoms with Crippen molar-refractivity contribution in [2.24, 2.45) is 0 Å². The average molecular weight is 325 g/mol. The predicted octanol–water partition coefficient (Wildman–Crippen LogP) is 3.76. The van der Waals surface area contributed by atoms with Crippen molar-refractivity contribution in [1.29, 1.82) is 5.26 Å². The van der Waals surface area contributed by atoms with Gasteiger partial charge in [0.15, 0.2) is 5.16 Å². The van der Waals surface area contributed by atoms with Crippen LogP contribution in [0.15, 0.2) is 51.0 Å². The van der Waals surface area contributed by atoms with Crippen LogP contribution in [0.4, 0.5) is 0 Å². The van der Waals surface area contributed by atoms with Crippen molar-refractivity contribution < 1.29 is 0 Å². The first-order valence-corrected chi connectivity index (χ1v) is 8.61. The van der Waals surface area contributed by atoms with Crippen molar-refractivity contribution in [2.45, 2.75) is 5.16 Å². The molecule has 1 aromatic carbocycles. The lowest BCUT2D eigenvalue weighted by Gasteiger charge is -2.06. The fourth-order valence-electron chi connectivity index (χ4n) is 2.11. The summed E-state index contributed by atoms with van der Waals surface area (Å²) in [6.07, 6.45) is 1.83. The Morgan fingerprint density at radius 1 is 1.18 bits per heavy atom. The predicted molar refractivity (Wildman–Crippen MR) is 90.1 cm³/mol. The number of aromatic amines is 1. The van der Waals surface area contributed by atoms with E-state index in [1.54, 1.807) is 11.3 Å². The summed E-state index contributed by atoms with van der Waals surface area (Å²) in [5, 5.41) is 13.8. The number of aromatic nitrogens is 2. The van der Waals surface area contributed by atoms with Gasteiger partial charge in [0.25, 0.3) is 5.56 Å². The number of nitriles is 1. The molecule has 0 fully saturated rings. The SMILES string of the molecule is CSc1nc(-c2ccc(-c3ccsc3)cc2)c(C#N)c(=O)[nH]1. The van der Waals surface area contributed by atoms with Crippen LogP contribution >= 0.6 is 23.1 Å². The number of benzene rings is 1. The Morgan fingerprint density at radius 3 is 2.50 bits per heavy atom. The molecule has 2 aromatic heterocycles. The van der Waals surface area contributed by atoms with Crippen LogP contribution in [0.2, 0.25) is 0 Å². The maximum absolute atomic E-state index is 11.9. The van der Waals surface area contributed by atoms with Gasteiger partial charge in [-0.05, 0) is 34.2 Å². The molecule has 0 aliphatic rings. The summed E-state index contributed by atoms with van der Waals surface area (Å²) >= 11 is 2.98. The van der Waals surface area contributed by atoms with Gasteiger partial charge in [-0.2, -0.15) is 16.6 Å². The van der Waals surface area contributed by atoms with Gasteiger partial charge in [0.2, 0.25) is 0 Å². The molecule has 0 spiro atoms. The summed E-state index contributed by atoms with van der Waals surface area (Å²) in [6, 6.07) is 11.7. The molecule has 1 N–H and O–H groups in total. The minimum absolute atomic E-state index is 0.0427. The second kappa shape index (κ2) is 6.18. The Balaban J connectivity index is 2.10. The first kappa shape index (κ1) is 14.6. The molecule has 0 saturated carbocycles. The third-order valence-corrected chi connectivity index (χ3v) is 4.48. The lowest BCUT2D eigenvalue weighted by Crippen LogP contribution is -2.14. The summed E-state index contributed by atoms with van der Waals surface area (Å²) in [6.45, 7) is 0. The first-order chi connectivity index (χ1) is 10.7. The molecule has 4 nitrogen and oxygen atoms in total. The largest absolute Gasteiger partial charge is 0.300 e. The molecule has 3 aromatic rings. The average Bonchev–Trinajstić information content (AvgIpc) is 3.08. The van der Waals surface area contributed by atoms with E-state index in [4.69, 9.17) is 0 Å². The molecule has 2 heterocycles. The molecule has 0 atom stereocenters. The maximum atomic E-state index is 11.9. The van der Waals surface area contributed by atoms with E-state index in [0.717, 1.165) is 16.7 Å². The van der Waals surface area contributed by atoms with Crippen LogP contribution in [0.3, 0.4) is 0 Å². The van der Waals surface area contributed by atoms with Gasteiger partial charge in [-0.1, -0.05) is 36.0 Å². The van der Waals surface area contributed by atoms with Crippen molar-refractivity contribution in [2.75, 3.05) is 6.26 Å². The van der Waals surface area contributed by atoms with Gasteiger partial charge in [0.05, 0.1) is 5.69 Å². The highest BCUT2D eigenvalue weighted by atomic mass is 32.2. The zero-order chi connectivity index (χ0) is 15.5. The fraction of sp³-hybridized carbons (Fsp3) is 0.0625. The highest BCUT2D eigenvalue weighted by Gasteiger charge is 2.13. The quantitative estimate of drug-likeness (QED) is 0.588. The number of thiophene rings is 1. The highest BCUT2D eigenvalue weighted by Crippen LogP contribution is 2.26. The zero-order valence-corrected chi connectivity index (χ0v) is 13.3. The van der Waals surface area contributed by atoms with Crippen molar-refractivity contribution in [3.63, 3.8) is 0 Å². The van der Waals surface area contributed by atoms with E-state index < -0.39 is 5.56 Å². The standard InChI is InChI=1S/C16H11N3OS2/c1-21-16-18-14(13(8-17)15(20)19-16)11-4-2-10(3-5-11)12-6-7-22-9-12/h2-7,9H,1H3,(H,18,19,20). The van der Waals surface area contributed by atoms with Gasteiger partial charge in [-0.3, -0.25) is 4.79 Å². The molecular weight excluding hydrogens is 314 g/mol. The van der Waals surface area contributed by atoms with E-state index in [1.807, 2.05) is 42.0 Å². The zero-order valence-electron chi connectivity index (χ0n) is 11.7. The lowest BCUT2D eigenvalue weighted by atomic mass is 10.0. The second-order valence-electron chi connectivity index (χ2n) is 4.50. The molecule has 3 rings (SSSR count). The van der Waals surface area contributed by atoms with Crippen molar-refractivity contribution in [3.8, 4) is 28.5 Å². The third-order valence-electron chi connectivity index (χ3n) is 3.22. The number of hydrogen-bond acceptors (Lipinski definition) is 5. The summed E-state index contributed by atoms with van der Waals surface area (Å²) in [5.74, 6) is 0. The minimum atomic E-state index is -0.404. The van der Waals surface area contributed by atoms with Gasteiger partial charge in [0.1, 0.15) is 11.6 Å². The van der Waals surface area contributed by atoms with Crippen LogP contribution in [0.5, 0.6) is 0 Å². The van der Waals surface area contributed by atoms with Crippen LogP contribution in [0.25, 0.3) is 22.4 Å². The highest BCUT2D eigenvalue weighted by molar-refractivity contribution is 7.98.